The molecule has 0 spiro atoms. The molecule has 0 bridgehead atoms. The highest BCUT2D eigenvalue weighted by Crippen LogP contribution is 2.15. The summed E-state index contributed by atoms with van der Waals surface area (Å²) in [4.78, 5) is 35.4. The monoisotopic (exact) mass is 314 g/mol. The Hall–Kier alpha value is -2.37. The van der Waals surface area contributed by atoms with E-state index in [1.165, 1.54) is 0 Å². The van der Waals surface area contributed by atoms with Crippen LogP contribution >= 0.6 is 0 Å². The summed E-state index contributed by atoms with van der Waals surface area (Å²) in [5.74, 6) is 1.15. The van der Waals surface area contributed by atoms with Crippen molar-refractivity contribution in [2.75, 3.05) is 26.2 Å². The molecular weight excluding hydrogens is 292 g/mol. The van der Waals surface area contributed by atoms with Crippen LogP contribution in [0.2, 0.25) is 0 Å². The number of aromatic nitrogens is 2. The summed E-state index contributed by atoms with van der Waals surface area (Å²) in [5, 5.41) is 0. The molecule has 23 heavy (non-hydrogen) atoms. The van der Waals surface area contributed by atoms with Gasteiger partial charge in [-0.25, -0.2) is 4.98 Å². The number of fused-ring (bicyclic) bond motifs is 1. The summed E-state index contributed by atoms with van der Waals surface area (Å²) < 4.78 is 0. The van der Waals surface area contributed by atoms with Gasteiger partial charge in [0.05, 0.1) is 17.5 Å². The third kappa shape index (κ3) is 3.36. The van der Waals surface area contributed by atoms with Gasteiger partial charge in [-0.15, -0.1) is 0 Å². The molecule has 0 aliphatic carbocycles. The van der Waals surface area contributed by atoms with Gasteiger partial charge in [-0.1, -0.05) is 13.0 Å². The van der Waals surface area contributed by atoms with E-state index < -0.39 is 0 Å². The number of aryl methyl sites for hydroxylation is 1. The van der Waals surface area contributed by atoms with Gasteiger partial charge >= 0.3 is 0 Å². The molecule has 0 unspecified atom stereocenters. The second kappa shape index (κ2) is 6.40. The van der Waals surface area contributed by atoms with Crippen LogP contribution in [0.15, 0.2) is 18.2 Å². The molecule has 3 rings (SSSR count). The van der Waals surface area contributed by atoms with E-state index in [9.17, 15) is 9.59 Å². The highest BCUT2D eigenvalue weighted by Gasteiger charge is 2.23. The maximum absolute atomic E-state index is 12.5. The molecule has 1 aromatic heterocycles. The predicted octanol–water partition coefficient (Wildman–Crippen LogP) is 1.49. The topological polar surface area (TPSA) is 69.3 Å². The average molecular weight is 314 g/mol. The molecule has 1 N–H and O–H groups in total. The second-order valence-corrected chi connectivity index (χ2v) is 5.97. The highest BCUT2D eigenvalue weighted by atomic mass is 16.2. The van der Waals surface area contributed by atoms with Crippen LogP contribution in [0.1, 0.15) is 24.7 Å². The Balaban J connectivity index is 1.61. The maximum atomic E-state index is 12.5. The number of carbonyl (C=O) groups excluding carboxylic acids is 2. The number of aromatic amines is 1. The molecule has 0 atom stereocenters. The Morgan fingerprint density at radius 2 is 1.78 bits per heavy atom. The third-order valence-corrected chi connectivity index (χ3v) is 4.31. The van der Waals surface area contributed by atoms with Crippen molar-refractivity contribution in [1.29, 1.82) is 0 Å². The Kier molecular flexibility index (Phi) is 4.32. The number of rotatable bonds is 3. The summed E-state index contributed by atoms with van der Waals surface area (Å²) in [7, 11) is 0. The number of nitrogens with one attached hydrogen (secondary N) is 1. The lowest BCUT2D eigenvalue weighted by atomic mass is 10.1. The maximum Gasteiger partial charge on any atom is 0.227 e. The fraction of sp³-hybridized carbons (Fsp3) is 0.471. The number of piperazine rings is 1. The Labute approximate surface area is 135 Å². The van der Waals surface area contributed by atoms with E-state index in [0.29, 0.717) is 39.0 Å². The Bertz CT molecular complexity index is 729. The SMILES string of the molecule is CCC(=O)N1CCN(C(=O)Cc2ccc3nc(C)[nH]c3c2)CC1. The molecule has 0 saturated carbocycles. The zero-order valence-corrected chi connectivity index (χ0v) is 13.6. The quantitative estimate of drug-likeness (QED) is 0.933. The van der Waals surface area contributed by atoms with Crippen molar-refractivity contribution in [2.24, 2.45) is 0 Å². The van der Waals surface area contributed by atoms with Gasteiger partial charge in [0.25, 0.3) is 0 Å². The third-order valence-electron chi connectivity index (χ3n) is 4.31. The summed E-state index contributed by atoms with van der Waals surface area (Å²) in [6.45, 7) is 6.30. The molecule has 2 aromatic rings. The number of nitrogens with zero attached hydrogens (tertiary/aromatic N) is 3. The van der Waals surface area contributed by atoms with Gasteiger partial charge in [-0.3, -0.25) is 9.59 Å². The standard InChI is InChI=1S/C17H22N4O2/c1-3-16(22)20-6-8-21(9-7-20)17(23)11-13-4-5-14-15(10-13)19-12(2)18-14/h4-5,10H,3,6-9,11H2,1-2H3,(H,18,19). The number of H-pyrrole nitrogens is 1. The lowest BCUT2D eigenvalue weighted by molar-refractivity contribution is -0.139. The Morgan fingerprint density at radius 1 is 1.13 bits per heavy atom. The molecule has 2 heterocycles. The zero-order chi connectivity index (χ0) is 16.4. The fourth-order valence-corrected chi connectivity index (χ4v) is 3.01. The summed E-state index contributed by atoms with van der Waals surface area (Å²) in [5.41, 5.74) is 2.87. The smallest absolute Gasteiger partial charge is 0.227 e. The summed E-state index contributed by atoms with van der Waals surface area (Å²) in [6, 6.07) is 5.89. The molecule has 6 heteroatoms. The van der Waals surface area contributed by atoms with Gasteiger partial charge in [0.15, 0.2) is 0 Å². The molecule has 1 aliphatic rings. The number of benzene rings is 1. The van der Waals surface area contributed by atoms with E-state index in [1.807, 2.05) is 41.8 Å². The van der Waals surface area contributed by atoms with Crippen molar-refractivity contribution in [3.05, 3.63) is 29.6 Å². The van der Waals surface area contributed by atoms with Crippen molar-refractivity contribution < 1.29 is 9.59 Å². The normalized spacial score (nSPS) is 15.2. The van der Waals surface area contributed by atoms with Gasteiger partial charge < -0.3 is 14.8 Å². The van der Waals surface area contributed by atoms with E-state index in [1.54, 1.807) is 0 Å². The summed E-state index contributed by atoms with van der Waals surface area (Å²) in [6.07, 6.45) is 0.910. The lowest BCUT2D eigenvalue weighted by Crippen LogP contribution is -2.50. The minimum Gasteiger partial charge on any atom is -0.342 e. The molecule has 2 amide bonds. The minimum absolute atomic E-state index is 0.115. The van der Waals surface area contributed by atoms with Crippen molar-refractivity contribution in [2.45, 2.75) is 26.7 Å². The highest BCUT2D eigenvalue weighted by molar-refractivity contribution is 5.82. The minimum atomic E-state index is 0.115. The largest absolute Gasteiger partial charge is 0.342 e. The first-order valence-corrected chi connectivity index (χ1v) is 8.07. The molecule has 1 saturated heterocycles. The number of hydrogen-bond acceptors (Lipinski definition) is 3. The van der Waals surface area contributed by atoms with Gasteiger partial charge in [0, 0.05) is 32.6 Å². The van der Waals surface area contributed by atoms with E-state index >= 15 is 0 Å². The Morgan fingerprint density at radius 3 is 2.43 bits per heavy atom. The number of imidazole rings is 1. The van der Waals surface area contributed by atoms with Gasteiger partial charge in [-0.05, 0) is 24.6 Å². The molecule has 6 nitrogen and oxygen atoms in total. The van der Waals surface area contributed by atoms with Crippen LogP contribution in [0.3, 0.4) is 0 Å². The molecular formula is C17H22N4O2. The average Bonchev–Trinajstić information content (AvgIpc) is 2.93. The number of hydrogen-bond donors (Lipinski definition) is 1. The molecule has 1 aliphatic heterocycles. The van der Waals surface area contributed by atoms with Crippen LogP contribution in [-0.2, 0) is 16.0 Å². The molecule has 122 valence electrons. The van der Waals surface area contributed by atoms with Crippen molar-refractivity contribution in [3.8, 4) is 0 Å². The zero-order valence-electron chi connectivity index (χ0n) is 13.6. The van der Waals surface area contributed by atoms with Crippen molar-refractivity contribution in [3.63, 3.8) is 0 Å². The number of amides is 2. The summed E-state index contributed by atoms with van der Waals surface area (Å²) >= 11 is 0. The van der Waals surface area contributed by atoms with Crippen LogP contribution in [0.25, 0.3) is 11.0 Å². The second-order valence-electron chi connectivity index (χ2n) is 5.97. The molecule has 1 fully saturated rings. The predicted molar refractivity (Wildman–Crippen MR) is 88.0 cm³/mol. The first-order valence-electron chi connectivity index (χ1n) is 8.07. The lowest BCUT2D eigenvalue weighted by Gasteiger charge is -2.34. The first-order chi connectivity index (χ1) is 11.1. The van der Waals surface area contributed by atoms with Crippen LogP contribution in [0.4, 0.5) is 0 Å². The van der Waals surface area contributed by atoms with Crippen molar-refractivity contribution >= 4 is 22.8 Å². The molecule has 0 radical (unpaired) electrons. The van der Waals surface area contributed by atoms with E-state index in [-0.39, 0.29) is 11.8 Å². The van der Waals surface area contributed by atoms with E-state index in [4.69, 9.17) is 0 Å². The molecule has 1 aromatic carbocycles. The van der Waals surface area contributed by atoms with Gasteiger partial charge in [-0.2, -0.15) is 0 Å². The van der Waals surface area contributed by atoms with Crippen LogP contribution < -0.4 is 0 Å². The van der Waals surface area contributed by atoms with E-state index in [0.717, 1.165) is 22.4 Å². The van der Waals surface area contributed by atoms with Crippen LogP contribution in [0.5, 0.6) is 0 Å². The van der Waals surface area contributed by atoms with Gasteiger partial charge in [0.2, 0.25) is 11.8 Å². The van der Waals surface area contributed by atoms with Crippen molar-refractivity contribution in [1.82, 2.24) is 19.8 Å². The van der Waals surface area contributed by atoms with E-state index in [2.05, 4.69) is 9.97 Å². The fourth-order valence-electron chi connectivity index (χ4n) is 3.01. The van der Waals surface area contributed by atoms with Crippen LogP contribution in [0, 0.1) is 6.92 Å². The first kappa shape index (κ1) is 15.5. The van der Waals surface area contributed by atoms with Gasteiger partial charge in [0.1, 0.15) is 5.82 Å². The number of carbonyl (C=O) groups is 2. The van der Waals surface area contributed by atoms with Crippen LogP contribution in [-0.4, -0.2) is 57.8 Å².